The molecule has 0 aromatic heterocycles. The highest BCUT2D eigenvalue weighted by molar-refractivity contribution is 6.30. The molecule has 1 amide bonds. The number of rotatable bonds is 15. The maximum absolute atomic E-state index is 15.2. The van der Waals surface area contributed by atoms with Gasteiger partial charge >= 0.3 is 12.1 Å². The number of hydrogen-bond donors (Lipinski definition) is 2. The lowest BCUT2D eigenvalue weighted by atomic mass is 9.73. The lowest BCUT2D eigenvalue weighted by molar-refractivity contribution is -0.320. The maximum atomic E-state index is 15.2. The minimum Gasteiger partial charge on any atom is -0.458 e. The smallest absolute Gasteiger partial charge is 0.410 e. The summed E-state index contributed by atoms with van der Waals surface area (Å²) in [4.78, 5) is 48.3. The van der Waals surface area contributed by atoms with E-state index in [1.165, 1.54) is 49.8 Å². The van der Waals surface area contributed by atoms with Gasteiger partial charge in [-0.25, -0.2) is 9.18 Å². The Balaban J connectivity index is 1.29. The van der Waals surface area contributed by atoms with Crippen LogP contribution >= 0.6 is 11.6 Å². The van der Waals surface area contributed by atoms with Crippen LogP contribution in [-0.2, 0) is 53.9 Å². The molecule has 4 heterocycles. The topological polar surface area (TPSA) is 172 Å². The van der Waals surface area contributed by atoms with Crippen LogP contribution in [0.4, 0.5) is 9.18 Å². The first kappa shape index (κ1) is 55.2. The number of nitrogens with zero attached hydrogens (tertiary/aromatic N) is 2. The summed E-state index contributed by atoms with van der Waals surface area (Å²) in [7, 11) is 3.08. The SMILES string of the molecule is CC[C@@H]1OC(=O)[C@H](C)[C@@H](O[C@H]2C[C@@](C)(OC)[C@@H](O)[C@H](C)O2)[C@H](C)[C@@H](O[C@@H]2O[C@H](C)C[C@H](N(CC3CC3)CC3CC3)[C@H]2O)[C@@](C)(OC)C[C@@H](C)C(=O)[C@@H](C)[C@H]2N(CCc3ccc(F)c(Cl)c3)C(=O)O[C@]12C. The number of aliphatic hydroxyl groups is 2. The summed E-state index contributed by atoms with van der Waals surface area (Å²) in [6.07, 6.45) is -2.70. The van der Waals surface area contributed by atoms with E-state index in [2.05, 4.69) is 4.90 Å². The van der Waals surface area contributed by atoms with Crippen LogP contribution in [0.25, 0.3) is 0 Å². The average molecular weight is 1010 g/mol. The summed E-state index contributed by atoms with van der Waals surface area (Å²) in [5, 5.41) is 23.6. The zero-order chi connectivity index (χ0) is 51.2. The lowest BCUT2D eigenvalue weighted by Gasteiger charge is -2.50. The van der Waals surface area contributed by atoms with Gasteiger partial charge in [0, 0.05) is 64.1 Å². The third-order valence-corrected chi connectivity index (χ3v) is 17.2. The number of ether oxygens (including phenoxy) is 8. The molecule has 15 nitrogen and oxygen atoms in total. The molecule has 0 unspecified atom stereocenters. The van der Waals surface area contributed by atoms with Crippen molar-refractivity contribution in [2.75, 3.05) is 33.9 Å². The van der Waals surface area contributed by atoms with E-state index >= 15 is 9.59 Å². The highest BCUT2D eigenvalue weighted by Crippen LogP contribution is 2.45. The van der Waals surface area contributed by atoms with Gasteiger partial charge < -0.3 is 48.1 Å². The second kappa shape index (κ2) is 22.1. The third-order valence-electron chi connectivity index (χ3n) is 16.9. The van der Waals surface area contributed by atoms with Crippen LogP contribution in [-0.4, -0.2) is 156 Å². The molecule has 2 N–H and O–H groups in total. The Morgan fingerprint density at radius 2 is 1.53 bits per heavy atom. The number of halogens is 2. The molecule has 6 aliphatic rings. The number of carbonyl (C=O) groups is 3. The number of fused-ring (bicyclic) bond motifs is 1. The van der Waals surface area contributed by atoms with Crippen LogP contribution in [0.15, 0.2) is 18.2 Å². The number of ketones is 1. The highest BCUT2D eigenvalue weighted by atomic mass is 35.5. The number of benzene rings is 1. The number of carbonyl (C=O) groups excluding carboxylic acids is 3. The first-order valence-corrected chi connectivity index (χ1v) is 26.3. The molecule has 17 heteroatoms. The highest BCUT2D eigenvalue weighted by Gasteiger charge is 2.61. The molecule has 396 valence electrons. The van der Waals surface area contributed by atoms with E-state index in [-0.39, 0.29) is 55.2 Å². The number of methoxy groups -OCH3 is 2. The van der Waals surface area contributed by atoms with Crippen LogP contribution in [0.5, 0.6) is 0 Å². The molecule has 2 saturated carbocycles. The van der Waals surface area contributed by atoms with Crippen molar-refractivity contribution in [3.63, 3.8) is 0 Å². The summed E-state index contributed by atoms with van der Waals surface area (Å²) in [5.41, 5.74) is -3.16. The van der Waals surface area contributed by atoms with Crippen molar-refractivity contribution in [1.29, 1.82) is 0 Å². The minimum absolute atomic E-state index is 0.0493. The van der Waals surface area contributed by atoms with Gasteiger partial charge in [0.15, 0.2) is 18.2 Å². The molecule has 70 heavy (non-hydrogen) atoms. The Bertz CT molecular complexity index is 1980. The Hall–Kier alpha value is -2.51. The molecule has 6 fully saturated rings. The average Bonchev–Trinajstić information content (AvgIpc) is 4.27. The summed E-state index contributed by atoms with van der Waals surface area (Å²) in [6.45, 7) is 20.1. The molecular formula is C53H82ClFN2O13. The van der Waals surface area contributed by atoms with Crippen molar-refractivity contribution in [2.24, 2.45) is 35.5 Å². The first-order chi connectivity index (χ1) is 33.0. The Kier molecular flexibility index (Phi) is 17.5. The molecular weight excluding hydrogens is 927 g/mol. The summed E-state index contributed by atoms with van der Waals surface area (Å²) in [6, 6.07) is 3.25. The van der Waals surface area contributed by atoms with E-state index in [1.807, 2.05) is 34.6 Å². The van der Waals surface area contributed by atoms with E-state index in [1.54, 1.807) is 47.8 Å². The fourth-order valence-corrected chi connectivity index (χ4v) is 12.5. The van der Waals surface area contributed by atoms with Crippen molar-refractivity contribution >= 4 is 29.4 Å². The quantitative estimate of drug-likeness (QED) is 0.166. The summed E-state index contributed by atoms with van der Waals surface area (Å²) in [5.74, 6) is -3.49. The molecule has 1 aromatic rings. The van der Waals surface area contributed by atoms with Gasteiger partial charge in [0.2, 0.25) is 0 Å². The van der Waals surface area contributed by atoms with Crippen LogP contribution in [0.2, 0.25) is 5.02 Å². The number of Topliss-reactive ketones (excluding diaryl/α,β-unsaturated/α-hetero) is 1. The lowest BCUT2D eigenvalue weighted by Crippen LogP contribution is -2.62. The second-order valence-corrected chi connectivity index (χ2v) is 22.9. The van der Waals surface area contributed by atoms with Crippen molar-refractivity contribution < 1.29 is 66.9 Å². The minimum atomic E-state index is -1.49. The largest absolute Gasteiger partial charge is 0.458 e. The van der Waals surface area contributed by atoms with E-state index in [0.29, 0.717) is 23.8 Å². The van der Waals surface area contributed by atoms with Gasteiger partial charge in [-0.15, -0.1) is 0 Å². The molecule has 18 atom stereocenters. The number of hydrogen-bond acceptors (Lipinski definition) is 14. The molecule has 2 aliphatic carbocycles. The number of aliphatic hydroxyl groups excluding tert-OH is 2. The van der Waals surface area contributed by atoms with Crippen molar-refractivity contribution in [1.82, 2.24) is 9.80 Å². The molecule has 0 bridgehead atoms. The van der Waals surface area contributed by atoms with Crippen LogP contribution in [0.1, 0.15) is 126 Å². The molecule has 4 saturated heterocycles. The maximum Gasteiger partial charge on any atom is 0.410 e. The summed E-state index contributed by atoms with van der Waals surface area (Å²) >= 11 is 6.15. The normalized spacial score (nSPS) is 42.3. The summed E-state index contributed by atoms with van der Waals surface area (Å²) < 4.78 is 66.4. The van der Waals surface area contributed by atoms with E-state index in [9.17, 15) is 19.4 Å². The Labute approximate surface area is 420 Å². The Morgan fingerprint density at radius 1 is 0.886 bits per heavy atom. The zero-order valence-corrected chi connectivity index (χ0v) is 44.3. The molecule has 7 rings (SSSR count). The van der Waals surface area contributed by atoms with Gasteiger partial charge in [-0.05, 0) is 122 Å². The van der Waals surface area contributed by atoms with Crippen LogP contribution in [0.3, 0.4) is 0 Å². The van der Waals surface area contributed by atoms with Gasteiger partial charge in [0.25, 0.3) is 0 Å². The molecule has 4 aliphatic heterocycles. The predicted octanol–water partition coefficient (Wildman–Crippen LogP) is 7.50. The molecule has 0 radical (unpaired) electrons. The van der Waals surface area contributed by atoms with Gasteiger partial charge in [-0.1, -0.05) is 45.4 Å². The number of amides is 1. The molecule has 0 spiro atoms. The van der Waals surface area contributed by atoms with E-state index < -0.39 is 114 Å². The van der Waals surface area contributed by atoms with Crippen molar-refractivity contribution in [2.45, 2.75) is 211 Å². The predicted molar refractivity (Wildman–Crippen MR) is 258 cm³/mol. The van der Waals surface area contributed by atoms with Gasteiger partial charge in [0.05, 0.1) is 52.6 Å². The fourth-order valence-electron chi connectivity index (χ4n) is 12.3. The fraction of sp³-hybridized carbons (Fsp3) is 0.830. The van der Waals surface area contributed by atoms with Crippen LogP contribution in [0, 0.1) is 41.3 Å². The van der Waals surface area contributed by atoms with E-state index in [4.69, 9.17) is 49.5 Å². The van der Waals surface area contributed by atoms with Gasteiger partial charge in [-0.3, -0.25) is 19.4 Å². The third kappa shape index (κ3) is 11.7. The van der Waals surface area contributed by atoms with Crippen LogP contribution < -0.4 is 0 Å². The first-order valence-electron chi connectivity index (χ1n) is 26.0. The number of cyclic esters (lactones) is 1. The van der Waals surface area contributed by atoms with E-state index in [0.717, 1.165) is 13.1 Å². The van der Waals surface area contributed by atoms with Crippen molar-refractivity contribution in [3.8, 4) is 0 Å². The molecule has 1 aromatic carbocycles. The second-order valence-electron chi connectivity index (χ2n) is 22.5. The monoisotopic (exact) mass is 1010 g/mol. The van der Waals surface area contributed by atoms with Crippen molar-refractivity contribution in [3.05, 3.63) is 34.6 Å². The number of esters is 1. The standard InChI is InChI=1S/C53H82ClFN2O13/c1-13-40-53(10)45(57(50(62)70-53)21-20-34-18-19-38(55)37(54)23-34)30(4)42(58)28(2)24-52(9,64-12)47(69-49-43(59)39(22-29(3)65-49)56(26-35-14-15-35)27-36-16-17-36)31(5)44(32(6)48(61)67-40)68-41-25-51(8,63-11)46(60)33(7)66-41/h18-19,23,28-33,35-36,39-41,43-47,49,59-60H,13-17,20-22,24-27H2,1-12H3/t28-,29-,30-,31+,32-,33+,39+,40+,41+,43-,44+,45-,46+,47-,49+,51-,52+,53-/m1/s1. The zero-order valence-electron chi connectivity index (χ0n) is 43.6. The Morgan fingerprint density at radius 3 is 2.11 bits per heavy atom. The van der Waals surface area contributed by atoms with Gasteiger partial charge in [0.1, 0.15) is 29.9 Å². The van der Waals surface area contributed by atoms with Gasteiger partial charge in [-0.2, -0.15) is 0 Å².